The SMILES string of the molecule is COc1ccc(/C(=C/n2cnc(-c3cc(C)cc(C(F)(F)F)c3)n2)C(=O)O)cn1. The summed E-state index contributed by atoms with van der Waals surface area (Å²) in [5.74, 6) is -0.876. The van der Waals surface area contributed by atoms with Gasteiger partial charge < -0.3 is 9.84 Å². The molecule has 2 heterocycles. The van der Waals surface area contributed by atoms with Crippen molar-refractivity contribution >= 4 is 17.7 Å². The standard InChI is InChI=1S/C19H15F3N4O3/c1-11-5-13(7-14(6-11)19(20,21)22)17-24-10-26(25-17)9-15(18(27)28)12-3-4-16(29-2)23-8-12/h3-10H,1-2H3,(H,27,28)/b15-9-. The summed E-state index contributed by atoms with van der Waals surface area (Å²) in [6.07, 6.45) is -0.762. The van der Waals surface area contributed by atoms with Gasteiger partial charge in [-0.15, -0.1) is 5.10 Å². The molecule has 0 spiro atoms. The minimum absolute atomic E-state index is 0.0352. The van der Waals surface area contributed by atoms with Crippen LogP contribution in [0.1, 0.15) is 16.7 Å². The van der Waals surface area contributed by atoms with Gasteiger partial charge in [0.15, 0.2) is 5.82 Å². The fraction of sp³-hybridized carbons (Fsp3) is 0.158. The number of rotatable bonds is 5. The first-order valence-corrected chi connectivity index (χ1v) is 8.23. The average Bonchev–Trinajstić information content (AvgIpc) is 3.14. The third-order valence-corrected chi connectivity index (χ3v) is 3.92. The summed E-state index contributed by atoms with van der Waals surface area (Å²) in [4.78, 5) is 19.6. The van der Waals surface area contributed by atoms with E-state index in [9.17, 15) is 23.1 Å². The maximum Gasteiger partial charge on any atom is 0.416 e. The molecule has 2 aromatic heterocycles. The van der Waals surface area contributed by atoms with E-state index < -0.39 is 17.7 Å². The Bertz CT molecular complexity index is 1070. The summed E-state index contributed by atoms with van der Waals surface area (Å²) >= 11 is 0. The molecule has 0 bridgehead atoms. The maximum atomic E-state index is 13.0. The number of pyridine rings is 1. The molecule has 0 radical (unpaired) electrons. The molecule has 3 aromatic rings. The molecule has 3 rings (SSSR count). The largest absolute Gasteiger partial charge is 0.481 e. The van der Waals surface area contributed by atoms with Crippen LogP contribution in [0.4, 0.5) is 13.2 Å². The quantitative estimate of drug-likeness (QED) is 0.652. The predicted molar refractivity (Wildman–Crippen MR) is 97.8 cm³/mol. The summed E-state index contributed by atoms with van der Waals surface area (Å²) in [7, 11) is 1.43. The third-order valence-electron chi connectivity index (χ3n) is 3.92. The van der Waals surface area contributed by atoms with Crippen LogP contribution in [0.5, 0.6) is 5.88 Å². The number of hydrogen-bond donors (Lipinski definition) is 1. The van der Waals surface area contributed by atoms with Crippen LogP contribution in [0.3, 0.4) is 0 Å². The highest BCUT2D eigenvalue weighted by Crippen LogP contribution is 2.32. The summed E-state index contributed by atoms with van der Waals surface area (Å²) in [6.45, 7) is 1.54. The lowest BCUT2D eigenvalue weighted by Gasteiger charge is -2.09. The molecule has 150 valence electrons. The van der Waals surface area contributed by atoms with Gasteiger partial charge >= 0.3 is 12.1 Å². The van der Waals surface area contributed by atoms with E-state index in [4.69, 9.17) is 4.74 Å². The average molecular weight is 404 g/mol. The highest BCUT2D eigenvalue weighted by molar-refractivity contribution is 6.19. The summed E-state index contributed by atoms with van der Waals surface area (Å²) in [5, 5.41) is 13.6. The Hall–Kier alpha value is -3.69. The van der Waals surface area contributed by atoms with Gasteiger partial charge in [0.25, 0.3) is 0 Å². The molecule has 29 heavy (non-hydrogen) atoms. The lowest BCUT2D eigenvalue weighted by atomic mass is 10.1. The smallest absolute Gasteiger partial charge is 0.416 e. The Labute approximate surface area is 163 Å². The first kappa shape index (κ1) is 20.1. The molecule has 7 nitrogen and oxygen atoms in total. The first-order valence-electron chi connectivity index (χ1n) is 8.23. The molecule has 0 aliphatic rings. The normalized spacial score (nSPS) is 12.1. The molecular weight excluding hydrogens is 389 g/mol. The maximum absolute atomic E-state index is 13.0. The monoisotopic (exact) mass is 404 g/mol. The number of aromatic nitrogens is 4. The Balaban J connectivity index is 1.98. The molecule has 1 N–H and O–H groups in total. The van der Waals surface area contributed by atoms with E-state index in [0.717, 1.165) is 16.8 Å². The molecule has 0 aliphatic carbocycles. The lowest BCUT2D eigenvalue weighted by molar-refractivity contribution is -0.137. The second-order valence-corrected chi connectivity index (χ2v) is 6.07. The van der Waals surface area contributed by atoms with Gasteiger partial charge in [-0.1, -0.05) is 0 Å². The lowest BCUT2D eigenvalue weighted by Crippen LogP contribution is -2.05. The summed E-state index contributed by atoms with van der Waals surface area (Å²) in [5.41, 5.74) is -0.0678. The Morgan fingerprint density at radius 2 is 1.97 bits per heavy atom. The van der Waals surface area contributed by atoms with E-state index in [2.05, 4.69) is 15.1 Å². The number of aliphatic carboxylic acids is 1. The number of alkyl halides is 3. The van der Waals surface area contributed by atoms with Crippen LogP contribution < -0.4 is 4.74 Å². The topological polar surface area (TPSA) is 90.1 Å². The first-order chi connectivity index (χ1) is 13.7. The van der Waals surface area contributed by atoms with Crippen molar-refractivity contribution in [1.29, 1.82) is 0 Å². The van der Waals surface area contributed by atoms with Gasteiger partial charge in [0.2, 0.25) is 5.88 Å². The molecule has 0 fully saturated rings. The van der Waals surface area contributed by atoms with Gasteiger partial charge in [-0.2, -0.15) is 13.2 Å². The van der Waals surface area contributed by atoms with E-state index >= 15 is 0 Å². The molecule has 0 amide bonds. The molecule has 0 unspecified atom stereocenters. The molecule has 10 heteroatoms. The Kier molecular flexibility index (Phi) is 5.35. The van der Waals surface area contributed by atoms with Crippen LogP contribution in [0, 0.1) is 6.92 Å². The van der Waals surface area contributed by atoms with Crippen LogP contribution in [-0.2, 0) is 11.0 Å². The van der Waals surface area contributed by atoms with Crippen molar-refractivity contribution in [2.24, 2.45) is 0 Å². The summed E-state index contributed by atoms with van der Waals surface area (Å²) in [6, 6.07) is 6.51. The van der Waals surface area contributed by atoms with E-state index in [1.807, 2.05) is 0 Å². The van der Waals surface area contributed by atoms with E-state index in [1.165, 1.54) is 51.0 Å². The zero-order valence-electron chi connectivity index (χ0n) is 15.3. The molecule has 0 saturated heterocycles. The van der Waals surface area contributed by atoms with Crippen molar-refractivity contribution in [3.8, 4) is 17.3 Å². The van der Waals surface area contributed by atoms with Crippen LogP contribution >= 0.6 is 0 Å². The fourth-order valence-electron chi connectivity index (χ4n) is 2.59. The van der Waals surface area contributed by atoms with Crippen molar-refractivity contribution in [1.82, 2.24) is 19.7 Å². The molecule has 1 aromatic carbocycles. The molecule has 0 saturated carbocycles. The number of carboxylic acids is 1. The summed E-state index contributed by atoms with van der Waals surface area (Å²) < 4.78 is 45.2. The molecular formula is C19H15F3N4O3. The van der Waals surface area contributed by atoms with Crippen LogP contribution in [0.15, 0.2) is 42.9 Å². The van der Waals surface area contributed by atoms with Crippen molar-refractivity contribution in [3.05, 3.63) is 59.5 Å². The Morgan fingerprint density at radius 1 is 1.21 bits per heavy atom. The minimum Gasteiger partial charge on any atom is -0.481 e. The Morgan fingerprint density at radius 3 is 2.55 bits per heavy atom. The van der Waals surface area contributed by atoms with E-state index in [1.54, 1.807) is 0 Å². The van der Waals surface area contributed by atoms with Crippen molar-refractivity contribution in [2.45, 2.75) is 13.1 Å². The highest BCUT2D eigenvalue weighted by Gasteiger charge is 2.31. The van der Waals surface area contributed by atoms with Crippen LogP contribution in [0.25, 0.3) is 23.2 Å². The zero-order valence-corrected chi connectivity index (χ0v) is 15.3. The van der Waals surface area contributed by atoms with Gasteiger partial charge in [0.1, 0.15) is 6.33 Å². The van der Waals surface area contributed by atoms with Gasteiger partial charge in [-0.25, -0.2) is 19.4 Å². The van der Waals surface area contributed by atoms with Crippen LogP contribution in [0.2, 0.25) is 0 Å². The number of hydrogen-bond acceptors (Lipinski definition) is 5. The predicted octanol–water partition coefficient (Wildman–Crippen LogP) is 3.76. The third kappa shape index (κ3) is 4.60. The number of methoxy groups -OCH3 is 1. The van der Waals surface area contributed by atoms with Gasteiger partial charge in [-0.3, -0.25) is 0 Å². The van der Waals surface area contributed by atoms with Crippen molar-refractivity contribution < 1.29 is 27.8 Å². The highest BCUT2D eigenvalue weighted by atomic mass is 19.4. The second kappa shape index (κ2) is 7.74. The van der Waals surface area contributed by atoms with E-state index in [0.29, 0.717) is 17.0 Å². The number of nitrogens with zero attached hydrogens (tertiary/aromatic N) is 4. The number of benzene rings is 1. The molecule has 0 atom stereocenters. The number of ether oxygens (including phenoxy) is 1. The molecule has 0 aliphatic heterocycles. The minimum atomic E-state index is -4.50. The number of carboxylic acid groups (broad SMARTS) is 1. The van der Waals surface area contributed by atoms with Crippen LogP contribution in [-0.4, -0.2) is 37.9 Å². The second-order valence-electron chi connectivity index (χ2n) is 6.07. The van der Waals surface area contributed by atoms with Gasteiger partial charge in [-0.05, 0) is 36.8 Å². The van der Waals surface area contributed by atoms with E-state index in [-0.39, 0.29) is 17.0 Å². The number of halogens is 3. The fourth-order valence-corrected chi connectivity index (χ4v) is 2.59. The van der Waals surface area contributed by atoms with Gasteiger partial charge in [0.05, 0.1) is 18.2 Å². The van der Waals surface area contributed by atoms with Gasteiger partial charge in [0, 0.05) is 29.6 Å². The zero-order chi connectivity index (χ0) is 21.2. The van der Waals surface area contributed by atoms with Crippen molar-refractivity contribution in [2.75, 3.05) is 7.11 Å². The van der Waals surface area contributed by atoms with Crippen molar-refractivity contribution in [3.63, 3.8) is 0 Å². The number of carbonyl (C=O) groups is 1. The number of aryl methyl sites for hydroxylation is 1.